The van der Waals surface area contributed by atoms with E-state index in [9.17, 15) is 13.3 Å². The highest BCUT2D eigenvalue weighted by atomic mass is 32.2. The molecule has 1 fully saturated rings. The van der Waals surface area contributed by atoms with Crippen LogP contribution in [0.2, 0.25) is 0 Å². The summed E-state index contributed by atoms with van der Waals surface area (Å²) >= 11 is -1.19. The van der Waals surface area contributed by atoms with E-state index in [1.54, 1.807) is 17.2 Å². The van der Waals surface area contributed by atoms with Crippen LogP contribution in [0.4, 0.5) is 14.6 Å². The summed E-state index contributed by atoms with van der Waals surface area (Å²) in [6.07, 6.45) is 1.68. The van der Waals surface area contributed by atoms with E-state index in [4.69, 9.17) is 0 Å². The van der Waals surface area contributed by atoms with E-state index in [-0.39, 0.29) is 29.8 Å². The number of alkyl halides is 2. The van der Waals surface area contributed by atoms with Gasteiger partial charge in [-0.05, 0) is 38.3 Å². The van der Waals surface area contributed by atoms with Gasteiger partial charge in [0.05, 0.1) is 19.1 Å². The Labute approximate surface area is 140 Å². The molecule has 1 aromatic heterocycles. The van der Waals surface area contributed by atoms with Crippen molar-refractivity contribution < 1.29 is 13.3 Å². The molecule has 0 amide bonds. The highest BCUT2D eigenvalue weighted by molar-refractivity contribution is 7.90. The van der Waals surface area contributed by atoms with Gasteiger partial charge in [0.15, 0.2) is 0 Å². The summed E-state index contributed by atoms with van der Waals surface area (Å²) in [7, 11) is 0. The number of halogens is 2. The molecule has 130 valence electrons. The first-order chi connectivity index (χ1) is 10.5. The molecule has 0 aromatic carbocycles. The predicted molar refractivity (Wildman–Crippen MR) is 90.0 cm³/mol. The van der Waals surface area contributed by atoms with Gasteiger partial charge < -0.3 is 9.45 Å². The zero-order chi connectivity index (χ0) is 17.4. The second-order valence-electron chi connectivity index (χ2n) is 7.38. The third-order valence-corrected chi connectivity index (χ3v) is 5.34. The smallest absolute Gasteiger partial charge is 0.282 e. The van der Waals surface area contributed by atoms with Crippen LogP contribution in [-0.2, 0) is 11.4 Å². The Morgan fingerprint density at radius 3 is 2.30 bits per heavy atom. The molecule has 1 aromatic rings. The van der Waals surface area contributed by atoms with Crippen LogP contribution < -0.4 is 9.62 Å². The molecular weight excluding hydrogens is 320 g/mol. The van der Waals surface area contributed by atoms with Crippen molar-refractivity contribution >= 4 is 17.2 Å². The average molecular weight is 345 g/mol. The second-order valence-corrected chi connectivity index (χ2v) is 9.38. The molecular formula is C16H25F2N3OS. The molecule has 23 heavy (non-hydrogen) atoms. The van der Waals surface area contributed by atoms with Gasteiger partial charge in [0.1, 0.15) is 10.6 Å². The van der Waals surface area contributed by atoms with Crippen molar-refractivity contribution in [3.63, 3.8) is 0 Å². The monoisotopic (exact) mass is 345 g/mol. The van der Waals surface area contributed by atoms with Gasteiger partial charge in [-0.1, -0.05) is 19.9 Å². The number of nitrogens with one attached hydrogen (secondary N) is 1. The summed E-state index contributed by atoms with van der Waals surface area (Å²) in [6, 6.07) is 3.52. The lowest BCUT2D eigenvalue weighted by Crippen LogP contribution is -2.56. The first-order valence-electron chi connectivity index (χ1n) is 7.76. The van der Waals surface area contributed by atoms with Crippen LogP contribution in [-0.4, -0.2) is 33.3 Å². The maximum absolute atomic E-state index is 12.9. The molecule has 0 bridgehead atoms. The van der Waals surface area contributed by atoms with Crippen molar-refractivity contribution in [2.45, 2.75) is 51.3 Å². The molecule has 1 aliphatic rings. The fraction of sp³-hybridized carbons (Fsp3) is 0.688. The van der Waals surface area contributed by atoms with Gasteiger partial charge in [0.25, 0.3) is 5.92 Å². The molecule has 2 heterocycles. The molecule has 2 unspecified atom stereocenters. The van der Waals surface area contributed by atoms with Crippen molar-refractivity contribution in [1.29, 1.82) is 0 Å². The topological polar surface area (TPSA) is 51.2 Å². The number of aromatic nitrogens is 1. The molecule has 0 aliphatic carbocycles. The van der Waals surface area contributed by atoms with E-state index in [0.29, 0.717) is 5.82 Å². The van der Waals surface area contributed by atoms with Gasteiger partial charge in [-0.2, -0.15) is 0 Å². The number of nitrogens with zero attached hydrogens (tertiary/aromatic N) is 2. The average Bonchev–Trinajstić information content (AvgIpc) is 2.40. The standard InChI is InChI=1S/C16H25F2N3OS/c1-11(2)14(20-23(22)15(3,4)5)12-6-7-13(19-8-12)21-9-16(17,18)10-21/h6-8,11,14,20H,9-10H2,1-5H3. The lowest BCUT2D eigenvalue weighted by atomic mass is 9.98. The summed E-state index contributed by atoms with van der Waals surface area (Å²) in [6.45, 7) is 9.28. The van der Waals surface area contributed by atoms with Crippen molar-refractivity contribution in [3.05, 3.63) is 23.9 Å². The van der Waals surface area contributed by atoms with Gasteiger partial charge in [0, 0.05) is 17.6 Å². The molecule has 1 aliphatic heterocycles. The summed E-state index contributed by atoms with van der Waals surface area (Å²) < 4.78 is 41.0. The van der Waals surface area contributed by atoms with Crippen LogP contribution in [0.5, 0.6) is 0 Å². The van der Waals surface area contributed by atoms with E-state index in [1.807, 2.05) is 40.7 Å². The van der Waals surface area contributed by atoms with Crippen LogP contribution in [0.15, 0.2) is 18.3 Å². The van der Waals surface area contributed by atoms with Gasteiger partial charge in [-0.25, -0.2) is 13.8 Å². The van der Waals surface area contributed by atoms with Crippen LogP contribution in [0.3, 0.4) is 0 Å². The number of hydrogen-bond donors (Lipinski definition) is 1. The lowest BCUT2D eigenvalue weighted by Gasteiger charge is -2.39. The molecule has 0 spiro atoms. The molecule has 1 saturated heterocycles. The fourth-order valence-corrected chi connectivity index (χ4v) is 3.32. The van der Waals surface area contributed by atoms with Gasteiger partial charge in [0.2, 0.25) is 0 Å². The quantitative estimate of drug-likeness (QED) is 0.832. The SMILES string of the molecule is CC(C)C(N[S+]([O-])C(C)(C)C)c1ccc(N2CC(F)(F)C2)nc1. The minimum absolute atomic E-state index is 0.102. The molecule has 4 nitrogen and oxygen atoms in total. The molecule has 0 radical (unpaired) electrons. The minimum Gasteiger partial charge on any atom is -0.598 e. The van der Waals surface area contributed by atoms with Crippen LogP contribution in [0.25, 0.3) is 0 Å². The van der Waals surface area contributed by atoms with E-state index in [2.05, 4.69) is 9.71 Å². The normalized spacial score (nSPS) is 20.3. The van der Waals surface area contributed by atoms with E-state index < -0.39 is 17.3 Å². The minimum atomic E-state index is -2.61. The van der Waals surface area contributed by atoms with Crippen molar-refractivity contribution in [2.75, 3.05) is 18.0 Å². The first kappa shape index (κ1) is 18.4. The second kappa shape index (κ2) is 6.53. The van der Waals surface area contributed by atoms with E-state index in [0.717, 1.165) is 5.56 Å². The Morgan fingerprint density at radius 2 is 1.91 bits per heavy atom. The van der Waals surface area contributed by atoms with Crippen LogP contribution >= 0.6 is 0 Å². The van der Waals surface area contributed by atoms with Crippen molar-refractivity contribution in [3.8, 4) is 0 Å². The summed E-state index contributed by atoms with van der Waals surface area (Å²) in [5.74, 6) is -1.83. The fourth-order valence-electron chi connectivity index (χ4n) is 2.32. The highest BCUT2D eigenvalue weighted by Crippen LogP contribution is 2.32. The summed E-state index contributed by atoms with van der Waals surface area (Å²) in [5.41, 5.74) is 0.911. The van der Waals surface area contributed by atoms with Crippen LogP contribution in [0, 0.1) is 5.92 Å². The maximum Gasteiger partial charge on any atom is 0.282 e. The third kappa shape index (κ3) is 4.55. The Kier molecular flexibility index (Phi) is 5.23. The Hall–Kier alpha value is -0.920. The lowest BCUT2D eigenvalue weighted by molar-refractivity contribution is -0.0267. The Balaban J connectivity index is 2.08. The van der Waals surface area contributed by atoms with Gasteiger partial charge >= 0.3 is 0 Å². The van der Waals surface area contributed by atoms with Crippen LogP contribution in [0.1, 0.15) is 46.2 Å². The van der Waals surface area contributed by atoms with Gasteiger partial charge in [-0.3, -0.25) is 0 Å². The first-order valence-corrected chi connectivity index (χ1v) is 8.91. The molecule has 0 saturated carbocycles. The summed E-state index contributed by atoms with van der Waals surface area (Å²) in [5, 5.41) is 0. The van der Waals surface area contributed by atoms with Gasteiger partial charge in [-0.15, -0.1) is 4.72 Å². The van der Waals surface area contributed by atoms with E-state index in [1.165, 1.54) is 0 Å². The molecule has 2 atom stereocenters. The molecule has 7 heteroatoms. The van der Waals surface area contributed by atoms with Crippen molar-refractivity contribution in [1.82, 2.24) is 9.71 Å². The molecule has 2 rings (SSSR count). The summed E-state index contributed by atoms with van der Waals surface area (Å²) in [4.78, 5) is 5.84. The Bertz CT molecular complexity index is 523. The zero-order valence-electron chi connectivity index (χ0n) is 14.3. The number of pyridine rings is 1. The number of anilines is 1. The van der Waals surface area contributed by atoms with Crippen molar-refractivity contribution in [2.24, 2.45) is 5.92 Å². The molecule has 1 N–H and O–H groups in total. The number of hydrogen-bond acceptors (Lipinski definition) is 4. The predicted octanol–water partition coefficient (Wildman–Crippen LogP) is 3.29. The maximum atomic E-state index is 12.9. The highest BCUT2D eigenvalue weighted by Gasteiger charge is 2.44. The number of rotatable bonds is 5. The largest absolute Gasteiger partial charge is 0.598 e. The third-order valence-electron chi connectivity index (χ3n) is 3.76. The van der Waals surface area contributed by atoms with E-state index >= 15 is 0 Å². The zero-order valence-corrected chi connectivity index (χ0v) is 15.1. The Morgan fingerprint density at radius 1 is 1.30 bits per heavy atom.